The highest BCUT2D eigenvalue weighted by molar-refractivity contribution is 7.79. The molecule has 0 amide bonds. The van der Waals surface area contributed by atoms with Gasteiger partial charge in [0.05, 0.1) is 0 Å². The van der Waals surface area contributed by atoms with Crippen molar-refractivity contribution in [3.8, 4) is 0 Å². The predicted molar refractivity (Wildman–Crippen MR) is 41.7 cm³/mol. The molecule has 11 heavy (non-hydrogen) atoms. The van der Waals surface area contributed by atoms with E-state index in [9.17, 15) is 8.76 Å². The maximum absolute atomic E-state index is 10.2. The fourth-order valence-corrected chi connectivity index (χ4v) is 1.15. The Hall–Kier alpha value is -0.740. The number of aryl methyl sites for hydroxylation is 1. The Labute approximate surface area is 67.8 Å². The summed E-state index contributed by atoms with van der Waals surface area (Å²) in [5.74, 6) is 0.185. The molecule has 0 fully saturated rings. The predicted octanol–water partition coefficient (Wildman–Crippen LogP) is 0.503. The molecule has 0 bridgehead atoms. The first-order valence-corrected chi connectivity index (χ1v) is 4.48. The van der Waals surface area contributed by atoms with Crippen molar-refractivity contribution in [2.45, 2.75) is 6.42 Å². The lowest BCUT2D eigenvalue weighted by molar-refractivity contribution is 0.536. The van der Waals surface area contributed by atoms with Crippen LogP contribution in [-0.4, -0.2) is 19.5 Å². The number of hydrogen-bond donors (Lipinski definition) is 0. The zero-order valence-electron chi connectivity index (χ0n) is 5.90. The SMILES string of the molecule is O=S([O-])CCc1ccncc1. The molecule has 0 aliphatic heterocycles. The van der Waals surface area contributed by atoms with E-state index in [1.165, 1.54) is 0 Å². The van der Waals surface area contributed by atoms with Crippen LogP contribution < -0.4 is 0 Å². The van der Waals surface area contributed by atoms with E-state index in [4.69, 9.17) is 0 Å². The standard InChI is InChI=1S/C7H9NO2S/c9-11(10)6-3-7-1-4-8-5-2-7/h1-2,4-5H,3,6H2,(H,9,10)/p-1. The third-order valence-electron chi connectivity index (χ3n) is 1.31. The van der Waals surface area contributed by atoms with Gasteiger partial charge in [0.15, 0.2) is 0 Å². The van der Waals surface area contributed by atoms with Crippen LogP contribution in [-0.2, 0) is 17.5 Å². The zero-order chi connectivity index (χ0) is 8.10. The Morgan fingerprint density at radius 3 is 2.64 bits per heavy atom. The fraction of sp³-hybridized carbons (Fsp3) is 0.286. The van der Waals surface area contributed by atoms with Crippen molar-refractivity contribution in [2.24, 2.45) is 0 Å². The smallest absolute Gasteiger partial charge is 0.0270 e. The summed E-state index contributed by atoms with van der Waals surface area (Å²) in [6.07, 6.45) is 3.88. The molecular formula is C7H8NO2S-. The molecule has 0 saturated heterocycles. The van der Waals surface area contributed by atoms with Gasteiger partial charge in [0, 0.05) is 18.1 Å². The first-order valence-electron chi connectivity index (χ1n) is 3.24. The van der Waals surface area contributed by atoms with E-state index in [0.29, 0.717) is 6.42 Å². The van der Waals surface area contributed by atoms with E-state index in [1.807, 2.05) is 12.1 Å². The van der Waals surface area contributed by atoms with Gasteiger partial charge in [-0.2, -0.15) is 0 Å². The molecule has 1 rings (SSSR count). The summed E-state index contributed by atoms with van der Waals surface area (Å²) in [6, 6.07) is 3.62. The molecule has 0 spiro atoms. The molecule has 60 valence electrons. The largest absolute Gasteiger partial charge is 0.772 e. The van der Waals surface area contributed by atoms with Crippen LogP contribution in [0.4, 0.5) is 0 Å². The second-order valence-corrected chi connectivity index (χ2v) is 3.13. The summed E-state index contributed by atoms with van der Waals surface area (Å²) < 4.78 is 20.3. The Kier molecular flexibility index (Phi) is 3.19. The normalized spacial score (nSPS) is 12.8. The molecular weight excluding hydrogens is 162 g/mol. The van der Waals surface area contributed by atoms with Gasteiger partial charge in [0.1, 0.15) is 0 Å². The average molecular weight is 170 g/mol. The van der Waals surface area contributed by atoms with Crippen molar-refractivity contribution in [3.05, 3.63) is 30.1 Å². The third kappa shape index (κ3) is 3.25. The highest BCUT2D eigenvalue weighted by Gasteiger charge is 1.90. The molecule has 1 unspecified atom stereocenters. The lowest BCUT2D eigenvalue weighted by Crippen LogP contribution is -1.98. The summed E-state index contributed by atoms with van der Waals surface area (Å²) in [4.78, 5) is 3.82. The van der Waals surface area contributed by atoms with Crippen molar-refractivity contribution in [1.82, 2.24) is 4.98 Å². The average Bonchev–Trinajstić information content (AvgIpc) is 2.03. The van der Waals surface area contributed by atoms with Crippen LogP contribution in [0.1, 0.15) is 5.56 Å². The molecule has 1 aromatic rings. The van der Waals surface area contributed by atoms with Gasteiger partial charge in [-0.15, -0.1) is 0 Å². The van der Waals surface area contributed by atoms with Crippen LogP contribution in [0.2, 0.25) is 0 Å². The van der Waals surface area contributed by atoms with E-state index in [2.05, 4.69) is 4.98 Å². The number of aromatic nitrogens is 1. The Balaban J connectivity index is 2.45. The second-order valence-electron chi connectivity index (χ2n) is 2.11. The van der Waals surface area contributed by atoms with Crippen molar-refractivity contribution in [3.63, 3.8) is 0 Å². The van der Waals surface area contributed by atoms with Gasteiger partial charge in [-0.25, -0.2) is 0 Å². The minimum Gasteiger partial charge on any atom is -0.772 e. The summed E-state index contributed by atoms with van der Waals surface area (Å²) in [7, 11) is 0. The third-order valence-corrected chi connectivity index (χ3v) is 1.84. The van der Waals surface area contributed by atoms with Crippen molar-refractivity contribution in [1.29, 1.82) is 0 Å². The Morgan fingerprint density at radius 1 is 1.45 bits per heavy atom. The van der Waals surface area contributed by atoms with Crippen LogP contribution in [0.15, 0.2) is 24.5 Å². The molecule has 0 N–H and O–H groups in total. The van der Waals surface area contributed by atoms with E-state index in [0.717, 1.165) is 5.56 Å². The maximum atomic E-state index is 10.2. The first kappa shape index (κ1) is 8.36. The van der Waals surface area contributed by atoms with Gasteiger partial charge in [-0.3, -0.25) is 9.19 Å². The van der Waals surface area contributed by atoms with Gasteiger partial charge in [0.2, 0.25) is 0 Å². The van der Waals surface area contributed by atoms with Crippen LogP contribution in [0.3, 0.4) is 0 Å². The second kappa shape index (κ2) is 4.20. The molecule has 1 atom stereocenters. The van der Waals surface area contributed by atoms with Gasteiger partial charge in [-0.1, -0.05) is 11.1 Å². The van der Waals surface area contributed by atoms with Crippen LogP contribution >= 0.6 is 0 Å². The summed E-state index contributed by atoms with van der Waals surface area (Å²) in [5.41, 5.74) is 1.00. The highest BCUT2D eigenvalue weighted by Crippen LogP contribution is 1.97. The number of pyridine rings is 1. The van der Waals surface area contributed by atoms with Gasteiger partial charge in [0.25, 0.3) is 0 Å². The topological polar surface area (TPSA) is 53.0 Å². The van der Waals surface area contributed by atoms with E-state index in [1.54, 1.807) is 12.4 Å². The fourth-order valence-electron chi connectivity index (χ4n) is 0.751. The monoisotopic (exact) mass is 170 g/mol. The van der Waals surface area contributed by atoms with E-state index >= 15 is 0 Å². The van der Waals surface area contributed by atoms with Gasteiger partial charge < -0.3 is 4.55 Å². The molecule has 4 heteroatoms. The first-order chi connectivity index (χ1) is 5.29. The minimum absolute atomic E-state index is 0.185. The summed E-state index contributed by atoms with van der Waals surface area (Å²) >= 11 is -1.94. The molecule has 0 saturated carbocycles. The Bertz CT molecular complexity index is 237. The zero-order valence-corrected chi connectivity index (χ0v) is 6.71. The van der Waals surface area contributed by atoms with Crippen LogP contribution in [0.5, 0.6) is 0 Å². The molecule has 0 aliphatic carbocycles. The van der Waals surface area contributed by atoms with Crippen molar-refractivity contribution >= 4 is 11.1 Å². The quantitative estimate of drug-likeness (QED) is 0.621. The minimum atomic E-state index is -1.94. The number of nitrogens with zero attached hydrogens (tertiary/aromatic N) is 1. The van der Waals surface area contributed by atoms with Crippen molar-refractivity contribution < 1.29 is 8.76 Å². The highest BCUT2D eigenvalue weighted by atomic mass is 32.2. The molecule has 0 aliphatic rings. The van der Waals surface area contributed by atoms with Crippen molar-refractivity contribution in [2.75, 3.05) is 5.75 Å². The lowest BCUT2D eigenvalue weighted by Gasteiger charge is -2.03. The number of hydrogen-bond acceptors (Lipinski definition) is 3. The van der Waals surface area contributed by atoms with Crippen LogP contribution in [0, 0.1) is 0 Å². The van der Waals surface area contributed by atoms with Gasteiger partial charge in [-0.05, 0) is 24.1 Å². The van der Waals surface area contributed by atoms with Gasteiger partial charge >= 0.3 is 0 Å². The van der Waals surface area contributed by atoms with Crippen LogP contribution in [0.25, 0.3) is 0 Å². The molecule has 0 radical (unpaired) electrons. The molecule has 1 heterocycles. The molecule has 0 aromatic carbocycles. The summed E-state index contributed by atoms with van der Waals surface area (Å²) in [6.45, 7) is 0. The van der Waals surface area contributed by atoms with E-state index in [-0.39, 0.29) is 5.75 Å². The van der Waals surface area contributed by atoms with E-state index < -0.39 is 11.1 Å². The maximum Gasteiger partial charge on any atom is 0.0270 e. The number of rotatable bonds is 3. The molecule has 1 aromatic heterocycles. The Morgan fingerprint density at radius 2 is 2.09 bits per heavy atom. The molecule has 3 nitrogen and oxygen atoms in total. The lowest BCUT2D eigenvalue weighted by atomic mass is 10.2. The summed E-state index contributed by atoms with van der Waals surface area (Å²) in [5, 5.41) is 0.